The molecule has 1 unspecified atom stereocenters. The summed E-state index contributed by atoms with van der Waals surface area (Å²) in [6.07, 6.45) is 1.12. The standard InChI is InChI=1S/C25H26FN5O2/c1-30(2)16-8-9-31(13-16)15-5-6-17-21(11-15)29-24-18(25(27)32)12-20(28-23(17)24)14-4-7-22(33-3)19(26)10-14/h4-7,10-12,16,29H,8-9,13H2,1-3H3,(H2,27,32). The molecule has 1 aliphatic rings. The van der Waals surface area contributed by atoms with Crippen LogP contribution in [0.5, 0.6) is 5.75 Å². The molecule has 8 heteroatoms. The van der Waals surface area contributed by atoms with Crippen LogP contribution in [0.25, 0.3) is 33.2 Å². The van der Waals surface area contributed by atoms with Gasteiger partial charge in [-0.2, -0.15) is 0 Å². The summed E-state index contributed by atoms with van der Waals surface area (Å²) in [5.41, 5.74) is 10.2. The van der Waals surface area contributed by atoms with Crippen LogP contribution < -0.4 is 15.4 Å². The molecule has 0 bridgehead atoms. The van der Waals surface area contributed by atoms with Gasteiger partial charge in [-0.25, -0.2) is 9.37 Å². The number of aromatic nitrogens is 2. The van der Waals surface area contributed by atoms with E-state index in [0.29, 0.717) is 33.9 Å². The highest BCUT2D eigenvalue weighted by Crippen LogP contribution is 2.34. The van der Waals surface area contributed by atoms with Crippen LogP contribution >= 0.6 is 0 Å². The summed E-state index contributed by atoms with van der Waals surface area (Å²) in [6.45, 7) is 1.96. The van der Waals surface area contributed by atoms with Crippen LogP contribution in [0, 0.1) is 5.82 Å². The predicted octanol–water partition coefficient (Wildman–Crippen LogP) is 3.77. The zero-order valence-electron chi connectivity index (χ0n) is 18.9. The van der Waals surface area contributed by atoms with Crippen molar-refractivity contribution < 1.29 is 13.9 Å². The molecule has 33 heavy (non-hydrogen) atoms. The minimum atomic E-state index is -0.571. The first-order valence-corrected chi connectivity index (χ1v) is 10.9. The first kappa shape index (κ1) is 21.2. The summed E-state index contributed by atoms with van der Waals surface area (Å²) in [7, 11) is 5.63. The van der Waals surface area contributed by atoms with E-state index in [-0.39, 0.29) is 5.75 Å². The molecule has 1 saturated heterocycles. The Hall–Kier alpha value is -3.65. The molecule has 2 aromatic heterocycles. The monoisotopic (exact) mass is 447 g/mol. The van der Waals surface area contributed by atoms with Gasteiger partial charge in [0.15, 0.2) is 11.6 Å². The van der Waals surface area contributed by atoms with Crippen molar-refractivity contribution >= 4 is 33.5 Å². The second kappa shape index (κ2) is 8.04. The zero-order valence-corrected chi connectivity index (χ0v) is 18.9. The number of carbonyl (C=O) groups excluding carboxylic acids is 1. The highest BCUT2D eigenvalue weighted by Gasteiger charge is 2.25. The van der Waals surface area contributed by atoms with Gasteiger partial charge >= 0.3 is 0 Å². The minimum absolute atomic E-state index is 0.146. The summed E-state index contributed by atoms with van der Waals surface area (Å²) in [5, 5.41) is 0.885. The first-order chi connectivity index (χ1) is 15.9. The molecule has 0 radical (unpaired) electrons. The van der Waals surface area contributed by atoms with E-state index in [0.717, 1.165) is 36.1 Å². The number of rotatable bonds is 5. The number of methoxy groups -OCH3 is 1. The normalized spacial score (nSPS) is 16.3. The molecule has 3 heterocycles. The summed E-state index contributed by atoms with van der Waals surface area (Å²) >= 11 is 0. The second-order valence-electron chi connectivity index (χ2n) is 8.70. The van der Waals surface area contributed by atoms with Crippen LogP contribution in [-0.4, -0.2) is 61.1 Å². The van der Waals surface area contributed by atoms with E-state index in [4.69, 9.17) is 15.5 Å². The lowest BCUT2D eigenvalue weighted by Gasteiger charge is -2.21. The summed E-state index contributed by atoms with van der Waals surface area (Å²) in [4.78, 5) is 25.0. The molecule has 5 rings (SSSR count). The van der Waals surface area contributed by atoms with E-state index in [1.807, 2.05) is 6.07 Å². The number of primary amides is 1. The number of anilines is 1. The van der Waals surface area contributed by atoms with Crippen molar-refractivity contribution in [2.24, 2.45) is 5.73 Å². The zero-order chi connectivity index (χ0) is 23.3. The van der Waals surface area contributed by atoms with Gasteiger partial charge in [0.1, 0.15) is 0 Å². The van der Waals surface area contributed by atoms with Crippen molar-refractivity contribution in [3.8, 4) is 17.0 Å². The maximum atomic E-state index is 14.3. The molecular formula is C25H26FN5O2. The largest absolute Gasteiger partial charge is 0.494 e. The molecule has 1 amide bonds. The molecule has 7 nitrogen and oxygen atoms in total. The van der Waals surface area contributed by atoms with Crippen LogP contribution in [0.4, 0.5) is 10.1 Å². The van der Waals surface area contributed by atoms with Gasteiger partial charge in [0.05, 0.1) is 34.9 Å². The summed E-state index contributed by atoms with van der Waals surface area (Å²) in [5.74, 6) is -0.923. The van der Waals surface area contributed by atoms with Crippen LogP contribution in [0.15, 0.2) is 42.5 Å². The third kappa shape index (κ3) is 3.66. The van der Waals surface area contributed by atoms with E-state index in [1.54, 1.807) is 18.2 Å². The number of nitrogens with zero attached hydrogens (tertiary/aromatic N) is 3. The first-order valence-electron chi connectivity index (χ1n) is 10.9. The number of hydrogen-bond donors (Lipinski definition) is 2. The fourth-order valence-electron chi connectivity index (χ4n) is 4.61. The van der Waals surface area contributed by atoms with Crippen molar-refractivity contribution in [2.75, 3.05) is 39.2 Å². The van der Waals surface area contributed by atoms with Crippen LogP contribution in [0.2, 0.25) is 0 Å². The van der Waals surface area contributed by atoms with Crippen molar-refractivity contribution in [3.05, 3.63) is 53.8 Å². The molecule has 3 N–H and O–H groups in total. The number of nitrogens with two attached hydrogens (primary N) is 1. The Morgan fingerprint density at radius 3 is 2.73 bits per heavy atom. The topological polar surface area (TPSA) is 87.5 Å². The van der Waals surface area contributed by atoms with Crippen molar-refractivity contribution in [1.29, 1.82) is 0 Å². The van der Waals surface area contributed by atoms with Gasteiger partial charge < -0.3 is 25.3 Å². The van der Waals surface area contributed by atoms with Crippen molar-refractivity contribution in [3.63, 3.8) is 0 Å². The number of amides is 1. The lowest BCUT2D eigenvalue weighted by atomic mass is 10.1. The highest BCUT2D eigenvalue weighted by atomic mass is 19.1. The Morgan fingerprint density at radius 1 is 1.24 bits per heavy atom. The molecule has 4 aromatic rings. The number of likely N-dealkylation sites (N-methyl/N-ethyl adjacent to an activating group) is 1. The Kier molecular flexibility index (Phi) is 5.17. The average Bonchev–Trinajstić information content (AvgIpc) is 3.43. The number of benzene rings is 2. The second-order valence-corrected chi connectivity index (χ2v) is 8.70. The summed E-state index contributed by atoms with van der Waals surface area (Å²) in [6, 6.07) is 12.9. The molecule has 1 atom stereocenters. The molecule has 1 fully saturated rings. The Balaban J connectivity index is 1.62. The van der Waals surface area contributed by atoms with E-state index in [1.165, 1.54) is 13.2 Å². The minimum Gasteiger partial charge on any atom is -0.494 e. The molecule has 0 aliphatic carbocycles. The third-order valence-electron chi connectivity index (χ3n) is 6.51. The van der Waals surface area contributed by atoms with Crippen molar-refractivity contribution in [2.45, 2.75) is 12.5 Å². The SMILES string of the molecule is COc1ccc(-c2cc(C(N)=O)c3[nH]c4cc(N5CCC(N(C)C)C5)ccc4c3n2)cc1F. The van der Waals surface area contributed by atoms with Crippen LogP contribution in [0.3, 0.4) is 0 Å². The maximum absolute atomic E-state index is 14.3. The van der Waals surface area contributed by atoms with Gasteiger partial charge in [-0.3, -0.25) is 4.79 Å². The Labute approximate surface area is 190 Å². The average molecular weight is 448 g/mol. The Morgan fingerprint density at radius 2 is 2.06 bits per heavy atom. The number of hydrogen-bond acceptors (Lipinski definition) is 5. The third-order valence-corrected chi connectivity index (χ3v) is 6.51. The number of nitrogens with one attached hydrogen (secondary N) is 1. The number of carbonyl (C=O) groups is 1. The van der Waals surface area contributed by atoms with E-state index in [2.05, 4.69) is 41.0 Å². The van der Waals surface area contributed by atoms with E-state index in [9.17, 15) is 9.18 Å². The number of pyridine rings is 1. The molecule has 1 aliphatic heterocycles. The fourth-order valence-corrected chi connectivity index (χ4v) is 4.61. The van der Waals surface area contributed by atoms with Gasteiger partial charge in [-0.1, -0.05) is 0 Å². The summed E-state index contributed by atoms with van der Waals surface area (Å²) < 4.78 is 19.3. The van der Waals surface area contributed by atoms with Crippen LogP contribution in [0.1, 0.15) is 16.8 Å². The predicted molar refractivity (Wildman–Crippen MR) is 128 cm³/mol. The van der Waals surface area contributed by atoms with Crippen LogP contribution in [-0.2, 0) is 0 Å². The quantitative estimate of drug-likeness (QED) is 0.486. The molecule has 0 spiro atoms. The van der Waals surface area contributed by atoms with Gasteiger partial charge in [0, 0.05) is 35.8 Å². The molecule has 2 aromatic carbocycles. The van der Waals surface area contributed by atoms with E-state index < -0.39 is 11.7 Å². The molecule has 170 valence electrons. The maximum Gasteiger partial charge on any atom is 0.250 e. The number of aromatic amines is 1. The Bertz CT molecular complexity index is 1380. The van der Waals surface area contributed by atoms with Gasteiger partial charge in [0.25, 0.3) is 5.91 Å². The highest BCUT2D eigenvalue weighted by molar-refractivity contribution is 6.14. The van der Waals surface area contributed by atoms with Gasteiger partial charge in [0.2, 0.25) is 0 Å². The number of ether oxygens (including phenoxy) is 1. The number of halogens is 1. The van der Waals surface area contributed by atoms with Crippen molar-refractivity contribution in [1.82, 2.24) is 14.9 Å². The number of fused-ring (bicyclic) bond motifs is 3. The lowest BCUT2D eigenvalue weighted by molar-refractivity contribution is 0.100. The smallest absolute Gasteiger partial charge is 0.250 e. The molecule has 0 saturated carbocycles. The van der Waals surface area contributed by atoms with E-state index >= 15 is 0 Å². The van der Waals surface area contributed by atoms with Gasteiger partial charge in [-0.15, -0.1) is 0 Å². The lowest BCUT2D eigenvalue weighted by Crippen LogP contribution is -2.31. The number of H-pyrrole nitrogens is 1. The fraction of sp³-hybridized carbons (Fsp3) is 0.280. The van der Waals surface area contributed by atoms with Gasteiger partial charge in [-0.05, 0) is 63.0 Å². The molecular weight excluding hydrogens is 421 g/mol.